The maximum atomic E-state index is 12.8. The molecule has 378 valence electrons. The SMILES string of the molecule is CC/C=C\C/C=C\C/C=C\CCCCCCCCC(=O)OC(COC(=O)CCCCCC/C=C\C/C=C\C/C=C\CC)COC(=O)CCCCCCC/C=C\CCCCCCCCCCC. The van der Waals surface area contributed by atoms with Crippen LogP contribution in [0.25, 0.3) is 0 Å². The van der Waals surface area contributed by atoms with E-state index < -0.39 is 6.10 Å². The summed E-state index contributed by atoms with van der Waals surface area (Å²) in [5, 5.41) is 0. The van der Waals surface area contributed by atoms with E-state index in [1.54, 1.807) is 0 Å². The van der Waals surface area contributed by atoms with Gasteiger partial charge < -0.3 is 14.2 Å². The summed E-state index contributed by atoms with van der Waals surface area (Å²) >= 11 is 0. The van der Waals surface area contributed by atoms with Gasteiger partial charge in [0.25, 0.3) is 0 Å². The molecule has 0 aliphatic heterocycles. The third-order valence-electron chi connectivity index (χ3n) is 11.6. The molecule has 0 saturated heterocycles. The van der Waals surface area contributed by atoms with Crippen LogP contribution in [0.4, 0.5) is 0 Å². The maximum absolute atomic E-state index is 12.8. The Hall–Kier alpha value is -3.41. The average molecular weight is 919 g/mol. The summed E-state index contributed by atoms with van der Waals surface area (Å²) in [6.45, 7) is 6.39. The van der Waals surface area contributed by atoms with Gasteiger partial charge in [-0.3, -0.25) is 14.4 Å². The number of rotatable bonds is 49. The molecule has 0 aliphatic rings. The summed E-state index contributed by atoms with van der Waals surface area (Å²) < 4.78 is 16.8. The molecule has 0 N–H and O–H groups in total. The van der Waals surface area contributed by atoms with Crippen LogP contribution < -0.4 is 0 Å². The normalized spacial score (nSPS) is 12.7. The first-order valence-electron chi connectivity index (χ1n) is 27.6. The fourth-order valence-corrected chi connectivity index (χ4v) is 7.52. The van der Waals surface area contributed by atoms with Gasteiger partial charge in [-0.25, -0.2) is 0 Å². The summed E-state index contributed by atoms with van der Waals surface area (Å²) in [5.74, 6) is -0.934. The molecule has 1 unspecified atom stereocenters. The standard InChI is InChI=1S/C60H102O6/c1-4-7-10-13-16-19-22-25-28-30-31-33-35-38-41-44-47-50-53-59(62)65-56-57(55-64-58(61)52-49-46-43-40-37-34-27-24-21-18-15-12-9-6-3)66-60(63)54-51-48-45-42-39-36-32-29-26-23-20-17-14-11-8-5-2/h8-9,11-12,17-18,20-21,26-27,29,31,33-34,57H,4-7,10,13-16,19,22-25,28,30,32,35-56H2,1-3H3/b11-8-,12-9-,20-17-,21-18-,29-26-,33-31-,34-27-. The Bertz CT molecular complexity index is 1290. The van der Waals surface area contributed by atoms with E-state index in [1.165, 1.54) is 89.9 Å². The van der Waals surface area contributed by atoms with Crippen molar-refractivity contribution < 1.29 is 28.6 Å². The highest BCUT2D eigenvalue weighted by atomic mass is 16.6. The lowest BCUT2D eigenvalue weighted by Gasteiger charge is -2.18. The number of allylic oxidation sites excluding steroid dienone is 14. The van der Waals surface area contributed by atoms with E-state index >= 15 is 0 Å². The molecule has 0 bridgehead atoms. The van der Waals surface area contributed by atoms with E-state index in [0.29, 0.717) is 19.3 Å². The van der Waals surface area contributed by atoms with Gasteiger partial charge in [0.1, 0.15) is 13.2 Å². The molecule has 0 saturated carbocycles. The van der Waals surface area contributed by atoms with Crippen LogP contribution in [0.3, 0.4) is 0 Å². The second-order valence-electron chi connectivity index (χ2n) is 18.1. The molecule has 0 fully saturated rings. The topological polar surface area (TPSA) is 78.9 Å². The molecular weight excluding hydrogens is 817 g/mol. The number of carbonyl (C=O) groups is 3. The molecule has 6 nitrogen and oxygen atoms in total. The fraction of sp³-hybridized carbons (Fsp3) is 0.717. The zero-order valence-electron chi connectivity index (χ0n) is 43.2. The summed E-state index contributed by atoms with van der Waals surface area (Å²) in [7, 11) is 0. The lowest BCUT2D eigenvalue weighted by atomic mass is 10.1. The minimum absolute atomic E-state index is 0.0938. The first kappa shape index (κ1) is 62.6. The summed E-state index contributed by atoms with van der Waals surface area (Å²) in [4.78, 5) is 38.1. The highest BCUT2D eigenvalue weighted by Crippen LogP contribution is 2.14. The fourth-order valence-electron chi connectivity index (χ4n) is 7.52. The molecule has 0 aromatic heterocycles. The molecule has 0 radical (unpaired) electrons. The minimum atomic E-state index is -0.797. The first-order valence-corrected chi connectivity index (χ1v) is 27.6. The van der Waals surface area contributed by atoms with E-state index in [0.717, 1.165) is 128 Å². The van der Waals surface area contributed by atoms with Gasteiger partial charge in [-0.15, -0.1) is 0 Å². The third kappa shape index (κ3) is 51.6. The molecule has 1 atom stereocenters. The smallest absolute Gasteiger partial charge is 0.306 e. The van der Waals surface area contributed by atoms with E-state index in [2.05, 4.69) is 106 Å². The van der Waals surface area contributed by atoms with E-state index in [9.17, 15) is 14.4 Å². The predicted octanol–water partition coefficient (Wildman–Crippen LogP) is 18.4. The van der Waals surface area contributed by atoms with Gasteiger partial charge in [0, 0.05) is 19.3 Å². The van der Waals surface area contributed by atoms with E-state index in [4.69, 9.17) is 14.2 Å². The molecule has 0 rings (SSSR count). The highest BCUT2D eigenvalue weighted by Gasteiger charge is 2.19. The van der Waals surface area contributed by atoms with Crippen molar-refractivity contribution in [3.05, 3.63) is 85.1 Å². The summed E-state index contributed by atoms with van der Waals surface area (Å²) in [5.41, 5.74) is 0. The van der Waals surface area contributed by atoms with Crippen molar-refractivity contribution in [2.45, 2.75) is 264 Å². The Kier molecular flexibility index (Phi) is 51.4. The zero-order chi connectivity index (χ0) is 47.9. The van der Waals surface area contributed by atoms with Gasteiger partial charge in [0.15, 0.2) is 6.10 Å². The van der Waals surface area contributed by atoms with Crippen molar-refractivity contribution in [1.29, 1.82) is 0 Å². The van der Waals surface area contributed by atoms with Crippen LogP contribution in [0.2, 0.25) is 0 Å². The molecule has 0 amide bonds. The lowest BCUT2D eigenvalue weighted by molar-refractivity contribution is -0.167. The third-order valence-corrected chi connectivity index (χ3v) is 11.6. The Morgan fingerprint density at radius 3 is 0.939 bits per heavy atom. The molecule has 66 heavy (non-hydrogen) atoms. The predicted molar refractivity (Wildman–Crippen MR) is 284 cm³/mol. The quantitative estimate of drug-likeness (QED) is 0.0262. The number of esters is 3. The second-order valence-corrected chi connectivity index (χ2v) is 18.1. The van der Waals surface area contributed by atoms with Gasteiger partial charge in [-0.1, -0.05) is 215 Å². The number of hydrogen-bond acceptors (Lipinski definition) is 6. The van der Waals surface area contributed by atoms with Gasteiger partial charge in [-0.2, -0.15) is 0 Å². The molecule has 0 aliphatic carbocycles. The number of ether oxygens (including phenoxy) is 3. The molecule has 0 aromatic carbocycles. The molecule has 0 spiro atoms. The van der Waals surface area contributed by atoms with E-state index in [1.807, 2.05) is 0 Å². The molecule has 0 aromatic rings. The van der Waals surface area contributed by atoms with Gasteiger partial charge in [0.2, 0.25) is 0 Å². The Morgan fingerprint density at radius 1 is 0.318 bits per heavy atom. The van der Waals surface area contributed by atoms with Crippen LogP contribution >= 0.6 is 0 Å². The van der Waals surface area contributed by atoms with Crippen LogP contribution in [0.1, 0.15) is 258 Å². The maximum Gasteiger partial charge on any atom is 0.306 e. The van der Waals surface area contributed by atoms with E-state index in [-0.39, 0.29) is 31.1 Å². The van der Waals surface area contributed by atoms with Crippen molar-refractivity contribution in [1.82, 2.24) is 0 Å². The monoisotopic (exact) mass is 919 g/mol. The van der Waals surface area contributed by atoms with Crippen molar-refractivity contribution in [2.75, 3.05) is 13.2 Å². The van der Waals surface area contributed by atoms with Gasteiger partial charge in [-0.05, 0) is 109 Å². The Balaban J connectivity index is 4.43. The molecular formula is C60H102O6. The number of hydrogen-bond donors (Lipinski definition) is 0. The number of unbranched alkanes of at least 4 members (excludes halogenated alkanes) is 24. The van der Waals surface area contributed by atoms with Crippen molar-refractivity contribution in [3.63, 3.8) is 0 Å². The Morgan fingerprint density at radius 2 is 0.591 bits per heavy atom. The van der Waals surface area contributed by atoms with Gasteiger partial charge in [0.05, 0.1) is 0 Å². The van der Waals surface area contributed by atoms with Crippen molar-refractivity contribution in [3.8, 4) is 0 Å². The van der Waals surface area contributed by atoms with Crippen LogP contribution in [0.15, 0.2) is 85.1 Å². The van der Waals surface area contributed by atoms with Crippen molar-refractivity contribution in [2.24, 2.45) is 0 Å². The zero-order valence-corrected chi connectivity index (χ0v) is 43.2. The molecule has 0 heterocycles. The molecule has 6 heteroatoms. The van der Waals surface area contributed by atoms with Crippen molar-refractivity contribution >= 4 is 17.9 Å². The van der Waals surface area contributed by atoms with Crippen LogP contribution in [-0.4, -0.2) is 37.2 Å². The highest BCUT2D eigenvalue weighted by molar-refractivity contribution is 5.71. The average Bonchev–Trinajstić information content (AvgIpc) is 3.31. The van der Waals surface area contributed by atoms with Crippen LogP contribution in [0.5, 0.6) is 0 Å². The minimum Gasteiger partial charge on any atom is -0.462 e. The van der Waals surface area contributed by atoms with Crippen LogP contribution in [0, 0.1) is 0 Å². The largest absolute Gasteiger partial charge is 0.462 e. The first-order chi connectivity index (χ1) is 32.5. The summed E-state index contributed by atoms with van der Waals surface area (Å²) in [6, 6.07) is 0. The lowest BCUT2D eigenvalue weighted by Crippen LogP contribution is -2.30. The van der Waals surface area contributed by atoms with Crippen LogP contribution in [-0.2, 0) is 28.6 Å². The summed E-state index contributed by atoms with van der Waals surface area (Å²) in [6.07, 6.45) is 70.0. The van der Waals surface area contributed by atoms with Gasteiger partial charge >= 0.3 is 17.9 Å². The number of carbonyl (C=O) groups excluding carboxylic acids is 3. The Labute approximate surface area is 407 Å². The second kappa shape index (κ2) is 54.2.